The van der Waals surface area contributed by atoms with Crippen LogP contribution in [0.3, 0.4) is 0 Å². The zero-order chi connectivity index (χ0) is 24.7. The minimum atomic E-state index is -3.88. The molecule has 0 saturated carbocycles. The molecule has 2 aliphatic heterocycles. The van der Waals surface area contributed by atoms with Crippen LogP contribution in [0.5, 0.6) is 5.75 Å². The van der Waals surface area contributed by atoms with Crippen LogP contribution in [-0.2, 0) is 10.0 Å². The Morgan fingerprint density at radius 3 is 2.63 bits per heavy atom. The largest absolute Gasteiger partial charge is 0.435 e. The molecule has 1 saturated heterocycles. The molecule has 5 nitrogen and oxygen atoms in total. The van der Waals surface area contributed by atoms with E-state index >= 15 is 0 Å². The molecule has 3 aromatic rings. The number of fused-ring (bicyclic) bond motifs is 3. The molecule has 2 aliphatic rings. The van der Waals surface area contributed by atoms with Gasteiger partial charge in [-0.15, -0.1) is 0 Å². The van der Waals surface area contributed by atoms with Gasteiger partial charge in [0.1, 0.15) is 11.6 Å². The molecule has 0 bridgehead atoms. The maximum atomic E-state index is 14.2. The Balaban J connectivity index is 1.64. The third-order valence-electron chi connectivity index (χ3n) is 6.16. The molecule has 5 rings (SSSR count). The van der Waals surface area contributed by atoms with Crippen molar-refractivity contribution in [3.05, 3.63) is 72.0 Å². The monoisotopic (exact) mass is 520 g/mol. The van der Waals surface area contributed by atoms with Gasteiger partial charge in [0.2, 0.25) is 0 Å². The summed E-state index contributed by atoms with van der Waals surface area (Å²) in [5.41, 5.74) is 2.90. The van der Waals surface area contributed by atoms with Gasteiger partial charge in [-0.25, -0.2) is 12.8 Å². The SMILES string of the molecule is Cc1cccc(S(=O)(=O)N2CC3CSCCN3c3ccc(-c4cc(F)cc(OC(F)F)c4)cc32)c1. The number of alkyl halides is 2. The van der Waals surface area contributed by atoms with Crippen LogP contribution in [0.15, 0.2) is 65.6 Å². The lowest BCUT2D eigenvalue weighted by atomic mass is 10.0. The van der Waals surface area contributed by atoms with E-state index in [1.807, 2.05) is 19.1 Å². The second kappa shape index (κ2) is 9.31. The van der Waals surface area contributed by atoms with Crippen molar-refractivity contribution in [2.24, 2.45) is 0 Å². The average molecular weight is 521 g/mol. The molecular weight excluding hydrogens is 497 g/mol. The summed E-state index contributed by atoms with van der Waals surface area (Å²) in [4.78, 5) is 2.42. The number of benzene rings is 3. The molecule has 0 aromatic heterocycles. The standard InChI is InChI=1S/C25H23F3N2O3S2/c1-16-3-2-4-22(9-16)35(31,32)30-14-20-15-34-8-7-29(20)23-6-5-17(12-24(23)30)18-10-19(26)13-21(11-18)33-25(27)28/h2-6,9-13,20,25H,7-8,14-15H2,1H3. The summed E-state index contributed by atoms with van der Waals surface area (Å²) in [5, 5.41) is 0. The van der Waals surface area contributed by atoms with Crippen LogP contribution in [-0.4, -0.2) is 45.7 Å². The van der Waals surface area contributed by atoms with Gasteiger partial charge in [0, 0.05) is 24.1 Å². The van der Waals surface area contributed by atoms with Crippen molar-refractivity contribution in [1.29, 1.82) is 0 Å². The van der Waals surface area contributed by atoms with Gasteiger partial charge < -0.3 is 9.64 Å². The normalized spacial score (nSPS) is 17.8. The molecule has 2 heterocycles. The van der Waals surface area contributed by atoms with E-state index in [4.69, 9.17) is 0 Å². The number of thioether (sulfide) groups is 1. The minimum absolute atomic E-state index is 0.0203. The molecule has 0 spiro atoms. The highest BCUT2D eigenvalue weighted by atomic mass is 32.2. The Bertz CT molecular complexity index is 1370. The third kappa shape index (κ3) is 4.69. The van der Waals surface area contributed by atoms with E-state index in [9.17, 15) is 21.6 Å². The first-order chi connectivity index (χ1) is 16.7. The quantitative estimate of drug-likeness (QED) is 0.443. The Morgan fingerprint density at radius 2 is 1.86 bits per heavy atom. The van der Waals surface area contributed by atoms with Crippen LogP contribution >= 0.6 is 11.8 Å². The number of nitrogens with zero attached hydrogens (tertiary/aromatic N) is 2. The molecule has 35 heavy (non-hydrogen) atoms. The first kappa shape index (κ1) is 23.9. The molecule has 1 atom stereocenters. The van der Waals surface area contributed by atoms with Gasteiger partial charge >= 0.3 is 6.61 Å². The molecule has 0 aliphatic carbocycles. The molecule has 0 N–H and O–H groups in total. The number of ether oxygens (including phenoxy) is 1. The van der Waals surface area contributed by atoms with Crippen LogP contribution in [0.1, 0.15) is 5.56 Å². The van der Waals surface area contributed by atoms with Crippen molar-refractivity contribution in [3.63, 3.8) is 0 Å². The van der Waals surface area contributed by atoms with E-state index in [0.29, 0.717) is 16.8 Å². The van der Waals surface area contributed by atoms with Crippen LogP contribution in [0.2, 0.25) is 0 Å². The van der Waals surface area contributed by atoms with E-state index in [-0.39, 0.29) is 23.2 Å². The molecule has 1 unspecified atom stereocenters. The first-order valence-corrected chi connectivity index (χ1v) is 13.7. The summed E-state index contributed by atoms with van der Waals surface area (Å²) in [7, 11) is -3.88. The lowest BCUT2D eigenvalue weighted by Crippen LogP contribution is -2.54. The van der Waals surface area contributed by atoms with Crippen molar-refractivity contribution < 1.29 is 26.3 Å². The topological polar surface area (TPSA) is 49.9 Å². The van der Waals surface area contributed by atoms with Crippen LogP contribution < -0.4 is 13.9 Å². The van der Waals surface area contributed by atoms with Gasteiger partial charge in [-0.05, 0) is 60.0 Å². The predicted molar refractivity (Wildman–Crippen MR) is 133 cm³/mol. The van der Waals surface area contributed by atoms with Gasteiger partial charge in [0.05, 0.1) is 28.9 Å². The van der Waals surface area contributed by atoms with Crippen molar-refractivity contribution in [1.82, 2.24) is 0 Å². The summed E-state index contributed by atoms with van der Waals surface area (Å²) in [6, 6.07) is 15.5. The summed E-state index contributed by atoms with van der Waals surface area (Å²) in [6.07, 6.45) is 0. The maximum absolute atomic E-state index is 14.2. The number of rotatable bonds is 5. The summed E-state index contributed by atoms with van der Waals surface area (Å²) in [5.74, 6) is 0.707. The highest BCUT2D eigenvalue weighted by Crippen LogP contribution is 2.43. The highest BCUT2D eigenvalue weighted by Gasteiger charge is 2.38. The van der Waals surface area contributed by atoms with E-state index in [1.165, 1.54) is 16.4 Å². The molecule has 3 aromatic carbocycles. The molecule has 0 radical (unpaired) electrons. The zero-order valence-electron chi connectivity index (χ0n) is 18.8. The number of sulfonamides is 1. The predicted octanol–water partition coefficient (Wildman–Crippen LogP) is 5.53. The summed E-state index contributed by atoms with van der Waals surface area (Å²) >= 11 is 1.79. The molecular formula is C25H23F3N2O3S2. The summed E-state index contributed by atoms with van der Waals surface area (Å²) < 4.78 is 73.0. The van der Waals surface area contributed by atoms with Gasteiger partial charge in [-0.3, -0.25) is 4.31 Å². The Labute approximate surface area is 206 Å². The van der Waals surface area contributed by atoms with Crippen LogP contribution in [0.25, 0.3) is 11.1 Å². The average Bonchev–Trinajstić information content (AvgIpc) is 2.82. The van der Waals surface area contributed by atoms with Crippen molar-refractivity contribution in [3.8, 4) is 16.9 Å². The third-order valence-corrected chi connectivity index (χ3v) is 9.03. The first-order valence-electron chi connectivity index (χ1n) is 11.1. The van der Waals surface area contributed by atoms with Gasteiger partial charge in [-0.1, -0.05) is 18.2 Å². The minimum Gasteiger partial charge on any atom is -0.435 e. The van der Waals surface area contributed by atoms with Gasteiger partial charge in [0.25, 0.3) is 10.0 Å². The Morgan fingerprint density at radius 1 is 1.03 bits per heavy atom. The van der Waals surface area contributed by atoms with Crippen molar-refractivity contribution >= 4 is 33.2 Å². The van der Waals surface area contributed by atoms with Crippen LogP contribution in [0, 0.1) is 12.7 Å². The van der Waals surface area contributed by atoms with Gasteiger partial charge in [-0.2, -0.15) is 20.5 Å². The van der Waals surface area contributed by atoms with E-state index in [1.54, 1.807) is 42.1 Å². The molecule has 10 heteroatoms. The van der Waals surface area contributed by atoms with E-state index in [0.717, 1.165) is 35.4 Å². The fourth-order valence-electron chi connectivity index (χ4n) is 4.59. The summed E-state index contributed by atoms with van der Waals surface area (Å²) in [6.45, 7) is -0.185. The molecule has 0 amide bonds. The highest BCUT2D eigenvalue weighted by molar-refractivity contribution is 7.99. The lowest BCUT2D eigenvalue weighted by Gasteiger charge is -2.46. The maximum Gasteiger partial charge on any atom is 0.387 e. The number of anilines is 2. The number of hydrogen-bond donors (Lipinski definition) is 0. The second-order valence-electron chi connectivity index (χ2n) is 8.53. The molecule has 184 valence electrons. The van der Waals surface area contributed by atoms with E-state index < -0.39 is 22.5 Å². The Hall–Kier alpha value is -2.85. The second-order valence-corrected chi connectivity index (χ2v) is 11.5. The smallest absolute Gasteiger partial charge is 0.387 e. The Kier molecular flexibility index (Phi) is 6.35. The van der Waals surface area contributed by atoms with Gasteiger partial charge in [0.15, 0.2) is 0 Å². The molecule has 1 fully saturated rings. The number of aryl methyl sites for hydroxylation is 1. The van der Waals surface area contributed by atoms with E-state index in [2.05, 4.69) is 9.64 Å². The zero-order valence-corrected chi connectivity index (χ0v) is 20.5. The van der Waals surface area contributed by atoms with Crippen molar-refractivity contribution in [2.75, 3.05) is 33.8 Å². The fraction of sp³-hybridized carbons (Fsp3) is 0.280. The fourth-order valence-corrected chi connectivity index (χ4v) is 7.25. The van der Waals surface area contributed by atoms with Crippen LogP contribution in [0.4, 0.5) is 24.5 Å². The lowest BCUT2D eigenvalue weighted by molar-refractivity contribution is -0.0499. The van der Waals surface area contributed by atoms with Crippen molar-refractivity contribution in [2.45, 2.75) is 24.5 Å². The number of halogens is 3. The number of hydrogen-bond acceptors (Lipinski definition) is 5.